The number of ether oxygens (including phenoxy) is 1. The van der Waals surface area contributed by atoms with E-state index >= 15 is 0 Å². The Morgan fingerprint density at radius 1 is 1.29 bits per heavy atom. The summed E-state index contributed by atoms with van der Waals surface area (Å²) < 4.78 is 6.17. The van der Waals surface area contributed by atoms with Crippen molar-refractivity contribution >= 4 is 46.0 Å². The summed E-state index contributed by atoms with van der Waals surface area (Å²) in [5.41, 5.74) is 0.888. The van der Waals surface area contributed by atoms with Gasteiger partial charge < -0.3 is 9.64 Å². The first-order valence-electron chi connectivity index (χ1n) is 8.64. The Bertz CT molecular complexity index is 926. The van der Waals surface area contributed by atoms with E-state index in [1.54, 1.807) is 42.5 Å². The van der Waals surface area contributed by atoms with E-state index in [9.17, 15) is 14.4 Å². The van der Waals surface area contributed by atoms with Gasteiger partial charge in [-0.15, -0.1) is 6.58 Å². The summed E-state index contributed by atoms with van der Waals surface area (Å²) >= 11 is 2.15. The van der Waals surface area contributed by atoms with Crippen molar-refractivity contribution in [3.05, 3.63) is 70.3 Å². The lowest BCUT2D eigenvalue weighted by Crippen LogP contribution is -2.45. The highest BCUT2D eigenvalue weighted by atomic mass is 127. The van der Waals surface area contributed by atoms with E-state index in [1.165, 1.54) is 12.0 Å². The normalized spacial score (nSPS) is 16.2. The van der Waals surface area contributed by atoms with E-state index in [1.807, 2.05) is 12.1 Å². The number of benzene rings is 2. The smallest absolute Gasteiger partial charge is 0.257 e. The van der Waals surface area contributed by atoms with Crippen LogP contribution in [0.5, 0.6) is 5.75 Å². The number of methoxy groups -OCH3 is 1. The van der Waals surface area contributed by atoms with Gasteiger partial charge >= 0.3 is 0 Å². The number of carbonyl (C=O) groups is 3. The highest BCUT2D eigenvalue weighted by Gasteiger charge is 2.44. The lowest BCUT2D eigenvalue weighted by molar-refractivity contribution is -0.122. The van der Waals surface area contributed by atoms with Gasteiger partial charge in [-0.05, 0) is 65.1 Å². The summed E-state index contributed by atoms with van der Waals surface area (Å²) in [6.45, 7) is 3.84. The molecule has 6 nitrogen and oxygen atoms in total. The molecule has 0 aromatic heterocycles. The van der Waals surface area contributed by atoms with Crippen molar-refractivity contribution in [2.45, 2.75) is 12.5 Å². The first-order valence-corrected chi connectivity index (χ1v) is 9.72. The highest BCUT2D eigenvalue weighted by Crippen LogP contribution is 2.27. The predicted molar refractivity (Wildman–Crippen MR) is 114 cm³/mol. The summed E-state index contributed by atoms with van der Waals surface area (Å²) in [5.74, 6) is -0.554. The quantitative estimate of drug-likeness (QED) is 0.354. The molecular weight excluding hydrogens is 471 g/mol. The van der Waals surface area contributed by atoms with Crippen LogP contribution in [0.4, 0.5) is 5.69 Å². The molecule has 1 saturated heterocycles. The molecule has 7 heteroatoms. The molecule has 0 aliphatic carbocycles. The fraction of sp³-hybridized carbons (Fsp3) is 0.190. The molecular formula is C21H19IN2O4. The number of halogens is 1. The molecule has 1 unspecified atom stereocenters. The summed E-state index contributed by atoms with van der Waals surface area (Å²) in [6.07, 6.45) is 1.48. The Labute approximate surface area is 176 Å². The molecule has 2 aromatic carbocycles. The largest absolute Gasteiger partial charge is 0.497 e. The standard InChI is InChI=1S/C21H19IN2O4/c1-3-11-23(20(26)14-5-4-6-17(12-14)28-2)18-13-19(25)24(21(18)27)16-9-7-15(22)8-10-16/h3-10,12,18H,1,11,13H2,2H3. The van der Waals surface area contributed by atoms with Crippen molar-refractivity contribution < 1.29 is 19.1 Å². The third kappa shape index (κ3) is 3.94. The summed E-state index contributed by atoms with van der Waals surface area (Å²) in [6, 6.07) is 12.9. The molecule has 1 atom stereocenters. The van der Waals surface area contributed by atoms with Crippen LogP contribution in [0.2, 0.25) is 0 Å². The molecule has 0 spiro atoms. The molecule has 1 aliphatic rings. The van der Waals surface area contributed by atoms with Crippen molar-refractivity contribution in [2.75, 3.05) is 18.6 Å². The van der Waals surface area contributed by atoms with Crippen molar-refractivity contribution in [1.82, 2.24) is 4.90 Å². The Morgan fingerprint density at radius 3 is 2.64 bits per heavy atom. The number of hydrogen-bond acceptors (Lipinski definition) is 4. The number of carbonyl (C=O) groups excluding carboxylic acids is 3. The molecule has 144 valence electrons. The zero-order valence-electron chi connectivity index (χ0n) is 15.3. The van der Waals surface area contributed by atoms with E-state index in [0.717, 1.165) is 8.47 Å². The van der Waals surface area contributed by atoms with E-state index in [2.05, 4.69) is 29.2 Å². The SMILES string of the molecule is C=CCN(C(=O)c1cccc(OC)c1)C1CC(=O)N(c2ccc(I)cc2)C1=O. The first kappa shape index (κ1) is 20.1. The average molecular weight is 490 g/mol. The topological polar surface area (TPSA) is 66.9 Å². The third-order valence-electron chi connectivity index (χ3n) is 4.49. The molecule has 0 bridgehead atoms. The molecule has 0 saturated carbocycles. The Balaban J connectivity index is 1.90. The predicted octanol–water partition coefficient (Wildman–Crippen LogP) is 3.26. The minimum atomic E-state index is -0.872. The van der Waals surface area contributed by atoms with Crippen molar-refractivity contribution in [3.8, 4) is 5.75 Å². The fourth-order valence-corrected chi connectivity index (χ4v) is 3.49. The van der Waals surface area contributed by atoms with E-state index in [4.69, 9.17) is 4.74 Å². The van der Waals surface area contributed by atoms with Crippen molar-refractivity contribution in [3.63, 3.8) is 0 Å². The number of rotatable bonds is 6. The monoisotopic (exact) mass is 490 g/mol. The van der Waals surface area contributed by atoms with Crippen LogP contribution in [-0.4, -0.2) is 42.3 Å². The molecule has 28 heavy (non-hydrogen) atoms. The number of anilines is 1. The van der Waals surface area contributed by atoms with Gasteiger partial charge in [0.15, 0.2) is 0 Å². The van der Waals surface area contributed by atoms with Crippen molar-refractivity contribution in [2.24, 2.45) is 0 Å². The third-order valence-corrected chi connectivity index (χ3v) is 5.21. The zero-order valence-corrected chi connectivity index (χ0v) is 17.5. The van der Waals surface area contributed by atoms with Gasteiger partial charge in [0, 0.05) is 15.7 Å². The average Bonchev–Trinajstić information content (AvgIpc) is 3.00. The van der Waals surface area contributed by atoms with Crippen LogP contribution in [0.15, 0.2) is 61.2 Å². The van der Waals surface area contributed by atoms with Gasteiger partial charge in [0.2, 0.25) is 5.91 Å². The lowest BCUT2D eigenvalue weighted by atomic mass is 10.1. The van der Waals surface area contributed by atoms with Crippen LogP contribution in [0.3, 0.4) is 0 Å². The zero-order chi connectivity index (χ0) is 20.3. The highest BCUT2D eigenvalue weighted by molar-refractivity contribution is 14.1. The van der Waals surface area contributed by atoms with Crippen LogP contribution >= 0.6 is 22.6 Å². The van der Waals surface area contributed by atoms with Gasteiger partial charge in [0.1, 0.15) is 11.8 Å². The molecule has 3 rings (SSSR count). The number of amides is 3. The Morgan fingerprint density at radius 2 is 2.00 bits per heavy atom. The maximum atomic E-state index is 13.1. The van der Waals surface area contributed by atoms with Gasteiger partial charge in [-0.25, -0.2) is 4.90 Å². The van der Waals surface area contributed by atoms with Crippen LogP contribution < -0.4 is 9.64 Å². The lowest BCUT2D eigenvalue weighted by Gasteiger charge is -2.26. The fourth-order valence-electron chi connectivity index (χ4n) is 3.13. The van der Waals surface area contributed by atoms with E-state index in [-0.39, 0.29) is 24.8 Å². The van der Waals surface area contributed by atoms with Crippen LogP contribution in [0, 0.1) is 3.57 Å². The Kier molecular flexibility index (Phi) is 6.13. The molecule has 3 amide bonds. The van der Waals surface area contributed by atoms with Gasteiger partial charge in [-0.2, -0.15) is 0 Å². The maximum Gasteiger partial charge on any atom is 0.257 e. The molecule has 1 heterocycles. The van der Waals surface area contributed by atoms with Crippen LogP contribution in [0.25, 0.3) is 0 Å². The van der Waals surface area contributed by atoms with E-state index < -0.39 is 11.9 Å². The summed E-state index contributed by atoms with van der Waals surface area (Å²) in [5, 5.41) is 0. The van der Waals surface area contributed by atoms with Crippen LogP contribution in [-0.2, 0) is 9.59 Å². The number of hydrogen-bond donors (Lipinski definition) is 0. The minimum absolute atomic E-state index is 0.0611. The summed E-state index contributed by atoms with van der Waals surface area (Å²) in [4.78, 5) is 41.2. The second-order valence-electron chi connectivity index (χ2n) is 6.24. The van der Waals surface area contributed by atoms with Gasteiger partial charge in [0.25, 0.3) is 11.8 Å². The van der Waals surface area contributed by atoms with Gasteiger partial charge in [0.05, 0.1) is 19.2 Å². The summed E-state index contributed by atoms with van der Waals surface area (Å²) in [7, 11) is 1.52. The molecule has 0 N–H and O–H groups in total. The van der Waals surface area contributed by atoms with Crippen molar-refractivity contribution in [1.29, 1.82) is 0 Å². The Hall–Kier alpha value is -2.68. The number of imide groups is 1. The second kappa shape index (κ2) is 8.55. The van der Waals surface area contributed by atoms with Crippen LogP contribution in [0.1, 0.15) is 16.8 Å². The minimum Gasteiger partial charge on any atom is -0.497 e. The van der Waals surface area contributed by atoms with Gasteiger partial charge in [-0.3, -0.25) is 14.4 Å². The maximum absolute atomic E-state index is 13.1. The molecule has 0 radical (unpaired) electrons. The molecule has 2 aromatic rings. The molecule has 1 fully saturated rings. The second-order valence-corrected chi connectivity index (χ2v) is 7.49. The number of nitrogens with zero attached hydrogens (tertiary/aromatic N) is 2. The van der Waals surface area contributed by atoms with Gasteiger partial charge in [-0.1, -0.05) is 12.1 Å². The molecule has 1 aliphatic heterocycles. The first-order chi connectivity index (χ1) is 13.5. The van der Waals surface area contributed by atoms with E-state index in [0.29, 0.717) is 17.0 Å².